The maximum Gasteiger partial charge on any atom is 0.338 e. The summed E-state index contributed by atoms with van der Waals surface area (Å²) in [6, 6.07) is 13.4. The van der Waals surface area contributed by atoms with Gasteiger partial charge >= 0.3 is 5.97 Å². The first-order chi connectivity index (χ1) is 14.4. The number of ether oxygens (including phenoxy) is 3. The number of nitrogens with zero attached hydrogens (tertiary/aromatic N) is 1. The van der Waals surface area contributed by atoms with Gasteiger partial charge in [0.15, 0.2) is 0 Å². The lowest BCUT2D eigenvalue weighted by Gasteiger charge is -2.32. The van der Waals surface area contributed by atoms with E-state index in [9.17, 15) is 13.2 Å². The number of methoxy groups -OCH3 is 1. The molecule has 0 radical (unpaired) electrons. The fourth-order valence-corrected chi connectivity index (χ4v) is 5.34. The third-order valence-corrected chi connectivity index (χ3v) is 7.09. The van der Waals surface area contributed by atoms with Gasteiger partial charge in [-0.15, -0.1) is 0 Å². The molecular weight excluding hydrogens is 406 g/mol. The summed E-state index contributed by atoms with van der Waals surface area (Å²) in [7, 11) is -2.39. The number of benzene rings is 2. The largest absolute Gasteiger partial charge is 0.495 e. The maximum atomic E-state index is 13.2. The third-order valence-electron chi connectivity index (χ3n) is 5.06. The lowest BCUT2D eigenvalue weighted by Crippen LogP contribution is -2.42. The first-order valence-electron chi connectivity index (χ1n) is 9.98. The zero-order valence-electron chi connectivity index (χ0n) is 17.2. The predicted octanol–water partition coefficient (Wildman–Crippen LogP) is 3.49. The summed E-state index contributed by atoms with van der Waals surface area (Å²) in [5.74, 6) is 0.274. The molecule has 8 heteroatoms. The van der Waals surface area contributed by atoms with Crippen LogP contribution in [0, 0.1) is 0 Å². The number of sulfonamides is 1. The molecule has 3 rings (SSSR count). The Morgan fingerprint density at radius 2 is 1.87 bits per heavy atom. The molecule has 162 valence electrons. The van der Waals surface area contributed by atoms with Gasteiger partial charge in [-0.3, -0.25) is 0 Å². The van der Waals surface area contributed by atoms with E-state index >= 15 is 0 Å². The van der Waals surface area contributed by atoms with Crippen LogP contribution in [0.4, 0.5) is 0 Å². The number of para-hydroxylation sites is 1. The average molecular weight is 434 g/mol. The number of hydrogen-bond donors (Lipinski definition) is 0. The van der Waals surface area contributed by atoms with Crippen molar-refractivity contribution in [2.45, 2.75) is 37.1 Å². The van der Waals surface area contributed by atoms with E-state index in [0.717, 1.165) is 19.3 Å². The Balaban J connectivity index is 1.71. The SMILES string of the molecule is COc1ccc(C(=O)OCCOc2ccccc2)cc1S(=O)(=O)N1CCCCC1C. The normalized spacial score (nSPS) is 17.3. The number of rotatable bonds is 8. The molecule has 0 spiro atoms. The molecule has 1 unspecified atom stereocenters. The van der Waals surface area contributed by atoms with Crippen molar-refractivity contribution in [2.75, 3.05) is 26.9 Å². The summed E-state index contributed by atoms with van der Waals surface area (Å²) in [6.45, 7) is 2.60. The first-order valence-corrected chi connectivity index (χ1v) is 11.4. The van der Waals surface area contributed by atoms with Gasteiger partial charge < -0.3 is 14.2 Å². The predicted molar refractivity (Wildman–Crippen MR) is 112 cm³/mol. The van der Waals surface area contributed by atoms with Gasteiger partial charge in [-0.05, 0) is 50.1 Å². The molecule has 1 aliphatic heterocycles. The zero-order valence-corrected chi connectivity index (χ0v) is 18.1. The molecule has 1 saturated heterocycles. The molecule has 0 amide bonds. The molecule has 1 atom stereocenters. The number of esters is 1. The fraction of sp³-hybridized carbons (Fsp3) is 0.409. The summed E-state index contributed by atoms with van der Waals surface area (Å²) < 4.78 is 44.0. The Morgan fingerprint density at radius 1 is 1.10 bits per heavy atom. The van der Waals surface area contributed by atoms with Crippen LogP contribution in [0.15, 0.2) is 53.4 Å². The Bertz CT molecular complexity index is 961. The van der Waals surface area contributed by atoms with E-state index in [1.807, 2.05) is 37.3 Å². The minimum atomic E-state index is -3.80. The van der Waals surface area contributed by atoms with E-state index in [2.05, 4.69) is 0 Å². The summed E-state index contributed by atoms with van der Waals surface area (Å²) >= 11 is 0. The van der Waals surface area contributed by atoms with Crippen molar-refractivity contribution in [3.63, 3.8) is 0 Å². The van der Waals surface area contributed by atoms with Crippen LogP contribution in [-0.4, -0.2) is 51.6 Å². The molecule has 7 nitrogen and oxygen atoms in total. The zero-order chi connectivity index (χ0) is 21.6. The monoisotopic (exact) mass is 433 g/mol. The smallest absolute Gasteiger partial charge is 0.338 e. The Labute approximate surface area is 177 Å². The van der Waals surface area contributed by atoms with Gasteiger partial charge in [0, 0.05) is 12.6 Å². The Morgan fingerprint density at radius 3 is 2.57 bits per heavy atom. The van der Waals surface area contributed by atoms with Gasteiger partial charge in [-0.1, -0.05) is 24.6 Å². The first kappa shape index (κ1) is 22.1. The third kappa shape index (κ3) is 5.12. The molecule has 1 fully saturated rings. The van der Waals surface area contributed by atoms with Crippen molar-refractivity contribution >= 4 is 16.0 Å². The highest BCUT2D eigenvalue weighted by atomic mass is 32.2. The van der Waals surface area contributed by atoms with Gasteiger partial charge in [-0.2, -0.15) is 4.31 Å². The highest BCUT2D eigenvalue weighted by Gasteiger charge is 2.33. The molecule has 30 heavy (non-hydrogen) atoms. The quantitative estimate of drug-likeness (QED) is 0.468. The van der Waals surface area contributed by atoms with Gasteiger partial charge in [0.25, 0.3) is 0 Å². The Kier molecular flexibility index (Phi) is 7.33. The lowest BCUT2D eigenvalue weighted by molar-refractivity contribution is 0.0450. The molecule has 0 aromatic heterocycles. The average Bonchev–Trinajstić information content (AvgIpc) is 2.77. The molecule has 0 saturated carbocycles. The summed E-state index contributed by atoms with van der Waals surface area (Å²) in [5, 5.41) is 0. The van der Waals surface area contributed by atoms with Crippen molar-refractivity contribution in [3.8, 4) is 11.5 Å². The molecule has 1 aliphatic rings. The number of piperidine rings is 1. The van der Waals surface area contributed by atoms with Crippen molar-refractivity contribution in [1.82, 2.24) is 4.31 Å². The summed E-state index contributed by atoms with van der Waals surface area (Å²) in [6.07, 6.45) is 2.63. The van der Waals surface area contributed by atoms with Crippen LogP contribution in [0.1, 0.15) is 36.5 Å². The van der Waals surface area contributed by atoms with E-state index in [4.69, 9.17) is 14.2 Å². The highest BCUT2D eigenvalue weighted by molar-refractivity contribution is 7.89. The number of carbonyl (C=O) groups is 1. The molecule has 2 aromatic rings. The van der Waals surface area contributed by atoms with E-state index in [-0.39, 0.29) is 35.5 Å². The standard InChI is InChI=1S/C22H27NO6S/c1-17-8-6-7-13-23(17)30(25,26)21-16-18(11-12-20(21)27-2)22(24)29-15-14-28-19-9-4-3-5-10-19/h3-5,9-12,16-17H,6-8,13-15H2,1-2H3. The van der Waals surface area contributed by atoms with Gasteiger partial charge in [0.2, 0.25) is 10.0 Å². The van der Waals surface area contributed by atoms with Gasteiger partial charge in [-0.25, -0.2) is 13.2 Å². The number of carbonyl (C=O) groups excluding carboxylic acids is 1. The van der Waals surface area contributed by atoms with Crippen molar-refractivity contribution in [3.05, 3.63) is 54.1 Å². The van der Waals surface area contributed by atoms with Crippen LogP contribution in [0.25, 0.3) is 0 Å². The molecule has 2 aromatic carbocycles. The van der Waals surface area contributed by atoms with Crippen molar-refractivity contribution in [1.29, 1.82) is 0 Å². The Hall–Kier alpha value is -2.58. The second-order valence-electron chi connectivity index (χ2n) is 7.12. The van der Waals surface area contributed by atoms with E-state index < -0.39 is 16.0 Å². The molecule has 0 aliphatic carbocycles. The van der Waals surface area contributed by atoms with Gasteiger partial charge in [0.05, 0.1) is 12.7 Å². The van der Waals surface area contributed by atoms with Crippen LogP contribution in [0.3, 0.4) is 0 Å². The topological polar surface area (TPSA) is 82.1 Å². The fourth-order valence-electron chi connectivity index (χ4n) is 3.45. The van der Waals surface area contributed by atoms with E-state index in [1.165, 1.54) is 29.6 Å². The van der Waals surface area contributed by atoms with Crippen molar-refractivity contribution in [2.24, 2.45) is 0 Å². The van der Waals surface area contributed by atoms with Crippen LogP contribution in [0.2, 0.25) is 0 Å². The molecular formula is C22H27NO6S. The highest BCUT2D eigenvalue weighted by Crippen LogP contribution is 2.31. The van der Waals surface area contributed by atoms with Crippen LogP contribution in [-0.2, 0) is 14.8 Å². The van der Waals surface area contributed by atoms with E-state index in [1.54, 1.807) is 0 Å². The van der Waals surface area contributed by atoms with Crippen LogP contribution >= 0.6 is 0 Å². The van der Waals surface area contributed by atoms with Gasteiger partial charge in [0.1, 0.15) is 29.6 Å². The number of hydrogen-bond acceptors (Lipinski definition) is 6. The van der Waals surface area contributed by atoms with Crippen molar-refractivity contribution < 1.29 is 27.4 Å². The lowest BCUT2D eigenvalue weighted by atomic mass is 10.1. The second-order valence-corrected chi connectivity index (χ2v) is 8.98. The van der Waals surface area contributed by atoms with Crippen LogP contribution < -0.4 is 9.47 Å². The molecule has 0 N–H and O–H groups in total. The summed E-state index contributed by atoms with van der Waals surface area (Å²) in [4.78, 5) is 12.4. The van der Waals surface area contributed by atoms with Crippen LogP contribution in [0.5, 0.6) is 11.5 Å². The minimum absolute atomic E-state index is 0.0197. The maximum absolute atomic E-state index is 13.2. The molecule has 0 bridgehead atoms. The minimum Gasteiger partial charge on any atom is -0.495 e. The second kappa shape index (κ2) is 9.95. The summed E-state index contributed by atoms with van der Waals surface area (Å²) in [5.41, 5.74) is 0.152. The molecule has 1 heterocycles. The van der Waals surface area contributed by atoms with E-state index in [0.29, 0.717) is 12.3 Å².